The van der Waals surface area contributed by atoms with Gasteiger partial charge in [-0.3, -0.25) is 9.78 Å². The van der Waals surface area contributed by atoms with Crippen molar-refractivity contribution in [2.75, 3.05) is 14.2 Å². The van der Waals surface area contributed by atoms with Gasteiger partial charge in [-0.05, 0) is 61.0 Å². The fraction of sp³-hybridized carbons (Fsp3) is 0.160. The largest absolute Gasteiger partial charge is 0.493 e. The molecule has 0 saturated carbocycles. The number of carbonyl (C=O) groups excluding carboxylic acids is 1. The van der Waals surface area contributed by atoms with Crippen LogP contribution in [-0.4, -0.2) is 30.1 Å². The van der Waals surface area contributed by atoms with Crippen molar-refractivity contribution in [3.8, 4) is 22.9 Å². The number of pyridine rings is 2. The maximum Gasteiger partial charge on any atom is 0.252 e. The highest BCUT2D eigenvalue weighted by Crippen LogP contribution is 2.31. The molecular weight excluding hydrogens is 426 g/mol. The lowest BCUT2D eigenvalue weighted by molar-refractivity contribution is 0.0941. The summed E-state index contributed by atoms with van der Waals surface area (Å²) in [4.78, 5) is 22.4. The summed E-state index contributed by atoms with van der Waals surface area (Å²) < 4.78 is 10.7. The Kier molecular flexibility index (Phi) is 6.23. The number of benzene rings is 2. The average Bonchev–Trinajstić information content (AvgIpc) is 2.83. The van der Waals surface area contributed by atoms with E-state index in [1.165, 1.54) is 0 Å². The second kappa shape index (κ2) is 9.24. The van der Waals surface area contributed by atoms with Crippen LogP contribution in [0.15, 0.2) is 66.9 Å². The minimum Gasteiger partial charge on any atom is -0.493 e. The highest BCUT2D eigenvalue weighted by atomic mass is 35.5. The third-order valence-corrected chi connectivity index (χ3v) is 5.43. The molecule has 0 aliphatic rings. The first-order chi connectivity index (χ1) is 15.5. The van der Waals surface area contributed by atoms with Gasteiger partial charge in [0.15, 0.2) is 11.5 Å². The van der Waals surface area contributed by atoms with Crippen LogP contribution < -0.4 is 14.8 Å². The number of ether oxygens (including phenoxy) is 2. The van der Waals surface area contributed by atoms with E-state index in [4.69, 9.17) is 21.1 Å². The summed E-state index contributed by atoms with van der Waals surface area (Å²) in [5.74, 6) is 0.994. The summed E-state index contributed by atoms with van der Waals surface area (Å²) in [6.07, 6.45) is 1.70. The van der Waals surface area contributed by atoms with Crippen molar-refractivity contribution < 1.29 is 14.3 Å². The normalized spacial score (nSPS) is 11.8. The van der Waals surface area contributed by atoms with Crippen LogP contribution >= 0.6 is 11.6 Å². The number of hydrogen-bond acceptors (Lipinski definition) is 5. The molecule has 1 atom stereocenters. The highest BCUT2D eigenvalue weighted by molar-refractivity contribution is 6.31. The van der Waals surface area contributed by atoms with Crippen LogP contribution in [0.3, 0.4) is 0 Å². The summed E-state index contributed by atoms with van der Waals surface area (Å²) >= 11 is 6.22. The third kappa shape index (κ3) is 4.36. The zero-order valence-corrected chi connectivity index (χ0v) is 18.7. The zero-order chi connectivity index (χ0) is 22.7. The van der Waals surface area contributed by atoms with Gasteiger partial charge in [0.2, 0.25) is 0 Å². The fourth-order valence-electron chi connectivity index (χ4n) is 3.51. The predicted octanol–water partition coefficient (Wildman–Crippen LogP) is 5.46. The molecule has 4 aromatic rings. The maximum atomic E-state index is 13.4. The third-order valence-electron chi connectivity index (χ3n) is 5.20. The fourth-order valence-corrected chi connectivity index (χ4v) is 3.68. The Morgan fingerprint density at radius 1 is 0.969 bits per heavy atom. The molecule has 162 valence electrons. The molecule has 0 saturated heterocycles. The number of hydrogen-bond donors (Lipinski definition) is 1. The van der Waals surface area contributed by atoms with Crippen LogP contribution in [0.25, 0.3) is 22.3 Å². The van der Waals surface area contributed by atoms with Gasteiger partial charge in [-0.1, -0.05) is 23.7 Å². The quantitative estimate of drug-likeness (QED) is 0.425. The van der Waals surface area contributed by atoms with E-state index < -0.39 is 0 Å². The van der Waals surface area contributed by atoms with E-state index >= 15 is 0 Å². The highest BCUT2D eigenvalue weighted by Gasteiger charge is 2.18. The molecule has 1 amide bonds. The molecule has 32 heavy (non-hydrogen) atoms. The second-order valence-corrected chi connectivity index (χ2v) is 7.68. The van der Waals surface area contributed by atoms with Gasteiger partial charge in [-0.2, -0.15) is 0 Å². The SMILES string of the molecule is COc1ccc([C@H](C)NC(=O)c2cc(-c3ccccn3)nc3ccc(Cl)cc23)cc1OC. The van der Waals surface area contributed by atoms with E-state index in [2.05, 4.69) is 15.3 Å². The zero-order valence-electron chi connectivity index (χ0n) is 17.9. The molecule has 2 aromatic heterocycles. The Bertz CT molecular complexity index is 1280. The minimum absolute atomic E-state index is 0.237. The van der Waals surface area contributed by atoms with Gasteiger partial charge >= 0.3 is 0 Å². The van der Waals surface area contributed by atoms with E-state index in [0.717, 1.165) is 5.56 Å². The number of amides is 1. The van der Waals surface area contributed by atoms with Gasteiger partial charge in [-0.25, -0.2) is 4.98 Å². The average molecular weight is 448 g/mol. The molecule has 0 unspecified atom stereocenters. The number of carbonyl (C=O) groups is 1. The van der Waals surface area contributed by atoms with E-state index in [1.807, 2.05) is 43.3 Å². The van der Waals surface area contributed by atoms with E-state index in [-0.39, 0.29) is 11.9 Å². The summed E-state index contributed by atoms with van der Waals surface area (Å²) in [5, 5.41) is 4.27. The molecule has 0 fully saturated rings. The van der Waals surface area contributed by atoms with Crippen LogP contribution in [0.5, 0.6) is 11.5 Å². The molecule has 0 radical (unpaired) electrons. The van der Waals surface area contributed by atoms with Crippen molar-refractivity contribution in [3.63, 3.8) is 0 Å². The van der Waals surface area contributed by atoms with Crippen LogP contribution in [0.1, 0.15) is 28.9 Å². The van der Waals surface area contributed by atoms with Gasteiger partial charge in [0.1, 0.15) is 0 Å². The monoisotopic (exact) mass is 447 g/mol. The van der Waals surface area contributed by atoms with Crippen molar-refractivity contribution in [2.45, 2.75) is 13.0 Å². The van der Waals surface area contributed by atoms with Crippen molar-refractivity contribution in [3.05, 3.63) is 83.0 Å². The summed E-state index contributed by atoms with van der Waals surface area (Å²) in [6.45, 7) is 1.91. The van der Waals surface area contributed by atoms with Gasteiger partial charge < -0.3 is 14.8 Å². The predicted molar refractivity (Wildman–Crippen MR) is 125 cm³/mol. The number of nitrogens with zero attached hydrogens (tertiary/aromatic N) is 2. The Hall–Kier alpha value is -3.64. The standard InChI is InChI=1S/C25H22ClN3O3/c1-15(16-7-10-23(31-2)24(12-16)32-3)28-25(30)19-14-22(21-6-4-5-11-27-21)29-20-9-8-17(26)13-18(19)20/h4-15H,1-3H3,(H,28,30)/t15-/m0/s1. The lowest BCUT2D eigenvalue weighted by Gasteiger charge is -2.17. The second-order valence-electron chi connectivity index (χ2n) is 7.24. The Morgan fingerprint density at radius 3 is 2.50 bits per heavy atom. The van der Waals surface area contributed by atoms with Crippen molar-refractivity contribution in [1.82, 2.24) is 15.3 Å². The van der Waals surface area contributed by atoms with Gasteiger partial charge in [-0.15, -0.1) is 0 Å². The topological polar surface area (TPSA) is 73.3 Å². The van der Waals surface area contributed by atoms with Crippen LogP contribution in [0.2, 0.25) is 5.02 Å². The molecule has 0 aliphatic heterocycles. The lowest BCUT2D eigenvalue weighted by atomic mass is 10.0. The Labute approximate surface area is 191 Å². The summed E-state index contributed by atoms with van der Waals surface area (Å²) in [5.41, 5.74) is 3.33. The van der Waals surface area contributed by atoms with Crippen LogP contribution in [-0.2, 0) is 0 Å². The molecule has 6 nitrogen and oxygen atoms in total. The first kappa shape index (κ1) is 21.6. The first-order valence-electron chi connectivity index (χ1n) is 10.0. The molecule has 2 heterocycles. The number of nitrogens with one attached hydrogen (secondary N) is 1. The summed E-state index contributed by atoms with van der Waals surface area (Å²) in [7, 11) is 3.17. The van der Waals surface area contributed by atoms with Crippen molar-refractivity contribution in [2.24, 2.45) is 0 Å². The first-order valence-corrected chi connectivity index (χ1v) is 10.4. The van der Waals surface area contributed by atoms with Crippen molar-refractivity contribution in [1.29, 1.82) is 0 Å². The molecule has 2 aromatic carbocycles. The number of aromatic nitrogens is 2. The minimum atomic E-state index is -0.275. The molecule has 0 spiro atoms. The molecular formula is C25H22ClN3O3. The van der Waals surface area contributed by atoms with Crippen LogP contribution in [0.4, 0.5) is 0 Å². The van der Waals surface area contributed by atoms with Gasteiger partial charge in [0.25, 0.3) is 5.91 Å². The van der Waals surface area contributed by atoms with Crippen molar-refractivity contribution >= 4 is 28.4 Å². The van der Waals surface area contributed by atoms with E-state index in [1.54, 1.807) is 44.7 Å². The lowest BCUT2D eigenvalue weighted by Crippen LogP contribution is -2.27. The molecule has 4 rings (SSSR count). The summed E-state index contributed by atoms with van der Waals surface area (Å²) in [6, 6.07) is 17.9. The van der Waals surface area contributed by atoms with E-state index in [0.29, 0.717) is 44.4 Å². The smallest absolute Gasteiger partial charge is 0.252 e. The van der Waals surface area contributed by atoms with Gasteiger partial charge in [0, 0.05) is 16.6 Å². The number of fused-ring (bicyclic) bond motifs is 1. The molecule has 0 bridgehead atoms. The Morgan fingerprint density at radius 2 is 1.78 bits per heavy atom. The maximum absolute atomic E-state index is 13.4. The number of rotatable bonds is 6. The molecule has 7 heteroatoms. The molecule has 1 N–H and O–H groups in total. The number of halogens is 1. The molecule has 0 aliphatic carbocycles. The van der Waals surface area contributed by atoms with E-state index in [9.17, 15) is 4.79 Å². The van der Waals surface area contributed by atoms with Gasteiger partial charge in [0.05, 0.1) is 42.7 Å². The Balaban J connectivity index is 1.72. The number of methoxy groups -OCH3 is 2. The van der Waals surface area contributed by atoms with Crippen LogP contribution in [0, 0.1) is 0 Å².